The van der Waals surface area contributed by atoms with Crippen LogP contribution in [0.2, 0.25) is 0 Å². The zero-order chi connectivity index (χ0) is 17.4. The van der Waals surface area contributed by atoms with Gasteiger partial charge >= 0.3 is 5.12 Å². The summed E-state index contributed by atoms with van der Waals surface area (Å²) in [6.07, 6.45) is 0. The summed E-state index contributed by atoms with van der Waals surface area (Å²) in [5.74, 6) is -1.91. The van der Waals surface area contributed by atoms with E-state index in [1.807, 2.05) is 0 Å². The molecule has 1 aliphatic rings. The molecule has 1 rings (SSSR count). The smallest absolute Gasteiger partial charge is 0.323 e. The Morgan fingerprint density at radius 2 is 1.55 bits per heavy atom. The Kier molecular flexibility index (Phi) is 6.60. The van der Waals surface area contributed by atoms with Crippen molar-refractivity contribution >= 4 is 53.5 Å². The van der Waals surface area contributed by atoms with Crippen molar-refractivity contribution < 1.29 is 22.7 Å². The van der Waals surface area contributed by atoms with E-state index in [1.54, 1.807) is 34.6 Å². The molecule has 0 aromatic rings. The summed E-state index contributed by atoms with van der Waals surface area (Å²) in [6, 6.07) is 0. The minimum Gasteiger partial charge on any atom is -0.341 e. The van der Waals surface area contributed by atoms with Crippen LogP contribution >= 0.6 is 14.7 Å². The summed E-state index contributed by atoms with van der Waals surface area (Å²) < 4.78 is 38.0. The summed E-state index contributed by atoms with van der Waals surface area (Å²) in [5.41, 5.74) is -0.845. The quantitative estimate of drug-likeness (QED) is 0.483. The lowest BCUT2D eigenvalue weighted by Crippen LogP contribution is -2.59. The fourth-order valence-electron chi connectivity index (χ4n) is 2.74. The zero-order valence-corrected chi connectivity index (χ0v) is 18.0. The molecule has 1 aliphatic heterocycles. The molecular formula is C11H23NO5P2S3. The van der Waals surface area contributed by atoms with Gasteiger partial charge in [0.15, 0.2) is 0 Å². The first kappa shape index (κ1) is 20.8. The summed E-state index contributed by atoms with van der Waals surface area (Å²) in [5, 5.41) is -2.33. The van der Waals surface area contributed by atoms with E-state index in [0.29, 0.717) is 0 Å². The molecule has 0 N–H and O–H groups in total. The van der Waals surface area contributed by atoms with E-state index >= 15 is 0 Å². The van der Waals surface area contributed by atoms with Crippen LogP contribution < -0.4 is 0 Å². The second kappa shape index (κ2) is 6.96. The minimum atomic E-state index is -4.25. The Morgan fingerprint density at radius 3 is 1.82 bits per heavy atom. The number of carbonyl (C=O) groups excluding carboxylic acids is 1. The highest BCUT2D eigenvalue weighted by atomic mass is 32.4. The van der Waals surface area contributed by atoms with Gasteiger partial charge in [-0.1, -0.05) is 0 Å². The van der Waals surface area contributed by atoms with E-state index in [0.717, 1.165) is 0 Å². The monoisotopic (exact) mass is 407 g/mol. The fourth-order valence-corrected chi connectivity index (χ4v) is 12.2. The van der Waals surface area contributed by atoms with Crippen molar-refractivity contribution in [3.63, 3.8) is 0 Å². The first-order valence-corrected chi connectivity index (χ1v) is 13.2. The van der Waals surface area contributed by atoms with Gasteiger partial charge in [-0.2, -0.15) is 4.31 Å². The van der Waals surface area contributed by atoms with Crippen LogP contribution in [0.5, 0.6) is 0 Å². The van der Waals surface area contributed by atoms with Crippen LogP contribution in [0.4, 0.5) is 0 Å². The van der Waals surface area contributed by atoms with E-state index in [4.69, 9.17) is 33.1 Å². The lowest BCUT2D eigenvalue weighted by Gasteiger charge is -2.45. The molecule has 2 atom stereocenters. The first-order chi connectivity index (χ1) is 10.0. The van der Waals surface area contributed by atoms with Crippen LogP contribution in [-0.4, -0.2) is 47.4 Å². The molecule has 0 aromatic carbocycles. The number of nitrogens with zero attached hydrogens (tertiary/aromatic N) is 1. The molecule has 130 valence electrons. The average Bonchev–Trinajstić information content (AvgIpc) is 2.55. The molecule has 0 aromatic heterocycles. The molecule has 2 unspecified atom stereocenters. The third-order valence-electron chi connectivity index (χ3n) is 3.27. The number of hydrogen-bond acceptors (Lipinski definition) is 7. The third-order valence-corrected chi connectivity index (χ3v) is 12.3. The van der Waals surface area contributed by atoms with E-state index in [9.17, 15) is 13.2 Å². The second-order valence-electron chi connectivity index (χ2n) is 5.77. The Morgan fingerprint density at radius 1 is 1.14 bits per heavy atom. The highest BCUT2D eigenvalue weighted by Crippen LogP contribution is 2.59. The molecule has 1 fully saturated rings. The molecule has 11 heteroatoms. The van der Waals surface area contributed by atoms with Crippen molar-refractivity contribution in [2.24, 2.45) is 0 Å². The summed E-state index contributed by atoms with van der Waals surface area (Å²) in [6.45, 7) is 8.78. The van der Waals surface area contributed by atoms with E-state index in [2.05, 4.69) is 0 Å². The predicted octanol–water partition coefficient (Wildman–Crippen LogP) is 1.13. The molecule has 0 aliphatic carbocycles. The first-order valence-electron chi connectivity index (χ1n) is 6.82. The molecule has 1 saturated heterocycles. The molecule has 0 spiro atoms. The standard InChI is InChI=1S/C11H23NO5P2S3/c1-6-16-10(17-7-2)8(13)22(14,15)12(9(3,4)5)11(10,18-20)19-21/h6-7,18-19H2,1-5H3. The van der Waals surface area contributed by atoms with Gasteiger partial charge in [0.2, 0.25) is 0 Å². The van der Waals surface area contributed by atoms with Crippen LogP contribution in [0.1, 0.15) is 34.6 Å². The summed E-state index contributed by atoms with van der Waals surface area (Å²) in [4.78, 5) is 12.8. The molecule has 6 nitrogen and oxygen atoms in total. The van der Waals surface area contributed by atoms with Gasteiger partial charge in [-0.15, -0.1) is 23.6 Å². The number of sulfonamides is 1. The fraction of sp³-hybridized carbons (Fsp3) is 0.909. The van der Waals surface area contributed by atoms with Crippen molar-refractivity contribution in [3.8, 4) is 0 Å². The highest BCUT2D eigenvalue weighted by Gasteiger charge is 2.74. The van der Waals surface area contributed by atoms with Crippen LogP contribution in [0.15, 0.2) is 0 Å². The second-order valence-corrected chi connectivity index (χ2v) is 11.8. The van der Waals surface area contributed by atoms with Crippen molar-refractivity contribution in [1.29, 1.82) is 0 Å². The molecule has 0 saturated carbocycles. The average molecular weight is 407 g/mol. The Bertz CT molecular complexity index is 573. The molecule has 22 heavy (non-hydrogen) atoms. The predicted molar refractivity (Wildman–Crippen MR) is 98.4 cm³/mol. The Labute approximate surface area is 144 Å². The van der Waals surface area contributed by atoms with Gasteiger partial charge < -0.3 is 9.47 Å². The Hall–Kier alpha value is 0.800. The van der Waals surface area contributed by atoms with Gasteiger partial charge in [0, 0.05) is 18.8 Å². The maximum Gasteiger partial charge on any atom is 0.323 e. The minimum absolute atomic E-state index is 0.130. The molecule has 1 heterocycles. The van der Waals surface area contributed by atoms with Crippen molar-refractivity contribution in [2.75, 3.05) is 13.2 Å². The van der Waals surface area contributed by atoms with Crippen molar-refractivity contribution in [1.82, 2.24) is 4.31 Å². The number of rotatable bonds is 6. The largest absolute Gasteiger partial charge is 0.341 e. The summed E-state index contributed by atoms with van der Waals surface area (Å²) in [7, 11) is -6.10. The maximum absolute atomic E-state index is 12.8. The molecule has 0 amide bonds. The molecule has 0 radical (unpaired) electrons. The van der Waals surface area contributed by atoms with Crippen LogP contribution in [0.3, 0.4) is 0 Å². The van der Waals surface area contributed by atoms with Crippen LogP contribution in [0.25, 0.3) is 0 Å². The van der Waals surface area contributed by atoms with Crippen LogP contribution in [-0.2, 0) is 47.9 Å². The number of ether oxygens (including phenoxy) is 2. The topological polar surface area (TPSA) is 72.9 Å². The third kappa shape index (κ3) is 2.82. The van der Waals surface area contributed by atoms with Gasteiger partial charge in [0.25, 0.3) is 15.8 Å². The zero-order valence-electron chi connectivity index (χ0n) is 13.3. The van der Waals surface area contributed by atoms with E-state index in [-0.39, 0.29) is 13.2 Å². The van der Waals surface area contributed by atoms with Gasteiger partial charge in [0.05, 0.1) is 0 Å². The lowest BCUT2D eigenvalue weighted by atomic mass is 10.1. The van der Waals surface area contributed by atoms with E-state index in [1.165, 1.54) is 4.31 Å². The maximum atomic E-state index is 12.8. The Balaban J connectivity index is 3.88. The van der Waals surface area contributed by atoms with Gasteiger partial charge in [0.1, 0.15) is 5.02 Å². The summed E-state index contributed by atoms with van der Waals surface area (Å²) >= 11 is 10.6. The lowest BCUT2D eigenvalue weighted by molar-refractivity contribution is -0.230. The number of hydrogen-bond donors (Lipinski definition) is 0. The van der Waals surface area contributed by atoms with E-state index < -0.39 is 46.2 Å². The van der Waals surface area contributed by atoms with Gasteiger partial charge in [-0.3, -0.25) is 4.79 Å². The number of carbonyl (C=O) groups is 1. The van der Waals surface area contributed by atoms with Crippen molar-refractivity contribution in [3.05, 3.63) is 0 Å². The molecular weight excluding hydrogens is 384 g/mol. The SMILES string of the molecule is CCOC1(OCC)C(=O)S(=O)(=O)N(C(C)(C)C)C1([PH2]=S)[PH2]=S. The van der Waals surface area contributed by atoms with Gasteiger partial charge in [-0.25, -0.2) is 8.42 Å². The molecule has 0 bridgehead atoms. The highest BCUT2D eigenvalue weighted by molar-refractivity contribution is 8.10. The van der Waals surface area contributed by atoms with Crippen molar-refractivity contribution in [2.45, 2.75) is 51.0 Å². The van der Waals surface area contributed by atoms with Crippen LogP contribution in [0, 0.1) is 0 Å². The van der Waals surface area contributed by atoms with Gasteiger partial charge in [-0.05, 0) is 49.3 Å². The normalized spacial score (nSPS) is 29.2.